The van der Waals surface area contributed by atoms with Gasteiger partial charge in [0.15, 0.2) is 5.13 Å². The molecule has 5 N–H and O–H groups in total. The topological polar surface area (TPSA) is 179 Å². The summed E-state index contributed by atoms with van der Waals surface area (Å²) in [6.45, 7) is 7.25. The van der Waals surface area contributed by atoms with Crippen LogP contribution >= 0.6 is 22.9 Å². The summed E-state index contributed by atoms with van der Waals surface area (Å²) in [5.74, 6) is -2.09. The van der Waals surface area contributed by atoms with Crippen molar-refractivity contribution in [3.05, 3.63) is 112 Å². The quantitative estimate of drug-likeness (QED) is 0.101. The van der Waals surface area contributed by atoms with Gasteiger partial charge in [0.05, 0.1) is 24.0 Å². The number of aromatic nitrogens is 1. The van der Waals surface area contributed by atoms with Crippen LogP contribution < -0.4 is 30.9 Å². The number of amides is 4. The van der Waals surface area contributed by atoms with Gasteiger partial charge in [-0.15, -0.1) is 11.3 Å². The second kappa shape index (κ2) is 19.0. The number of hydrogen-bond acceptors (Lipinski definition) is 9. The number of rotatable bonds is 17. The molecule has 0 fully saturated rings. The minimum Gasteiger partial charge on any atom is -0.348 e. The zero-order valence-electron chi connectivity index (χ0n) is 30.9. The van der Waals surface area contributed by atoms with Crippen molar-refractivity contribution in [3.8, 4) is 0 Å². The lowest BCUT2D eigenvalue weighted by Gasteiger charge is -2.25. The fourth-order valence-corrected chi connectivity index (χ4v) is 6.64. The number of carbonyl (C=O) groups is 4. The van der Waals surface area contributed by atoms with E-state index in [1.54, 1.807) is 43.6 Å². The summed E-state index contributed by atoms with van der Waals surface area (Å²) in [7, 11) is -2.42. The second-order valence-electron chi connectivity index (χ2n) is 13.3. The molecule has 0 aliphatic rings. The molecule has 54 heavy (non-hydrogen) atoms. The fourth-order valence-electron chi connectivity index (χ4n) is 5.42. The third-order valence-electron chi connectivity index (χ3n) is 8.63. The van der Waals surface area contributed by atoms with Gasteiger partial charge in [0.1, 0.15) is 6.04 Å². The van der Waals surface area contributed by atoms with E-state index in [0.717, 1.165) is 21.7 Å². The predicted octanol–water partition coefficient (Wildman–Crippen LogP) is 4.78. The lowest BCUT2D eigenvalue weighted by molar-refractivity contribution is -0.128. The third kappa shape index (κ3) is 12.1. The lowest BCUT2D eigenvalue weighted by atomic mass is 10.0. The van der Waals surface area contributed by atoms with Gasteiger partial charge in [-0.25, -0.2) is 13.4 Å². The van der Waals surface area contributed by atoms with E-state index >= 15 is 0 Å². The second-order valence-corrected chi connectivity index (χ2v) is 16.6. The largest absolute Gasteiger partial charge is 0.348 e. The molecule has 1 aromatic heterocycles. The third-order valence-corrected chi connectivity index (χ3v) is 10.8. The summed E-state index contributed by atoms with van der Waals surface area (Å²) in [5.41, 5.74) is 1.92. The van der Waals surface area contributed by atoms with Crippen LogP contribution in [0, 0.1) is 5.92 Å². The normalized spacial score (nSPS) is 13.6. The molecule has 3 aromatic carbocycles. The number of benzene rings is 3. The molecule has 16 heteroatoms. The van der Waals surface area contributed by atoms with Crippen molar-refractivity contribution >= 4 is 67.4 Å². The van der Waals surface area contributed by atoms with Crippen LogP contribution in [-0.4, -0.2) is 75.0 Å². The van der Waals surface area contributed by atoms with Gasteiger partial charge < -0.3 is 26.6 Å². The highest BCUT2D eigenvalue weighted by atomic mass is 35.5. The molecular weight excluding hydrogens is 750 g/mol. The average molecular weight is 796 g/mol. The van der Waals surface area contributed by atoms with Crippen LogP contribution in [0.3, 0.4) is 0 Å². The van der Waals surface area contributed by atoms with Crippen molar-refractivity contribution in [2.24, 2.45) is 5.92 Å². The number of hydrogen-bond donors (Lipinski definition) is 5. The summed E-state index contributed by atoms with van der Waals surface area (Å²) < 4.78 is 26.1. The molecule has 0 unspecified atom stereocenters. The maximum absolute atomic E-state index is 13.9. The van der Waals surface area contributed by atoms with Gasteiger partial charge in [-0.1, -0.05) is 67.9 Å². The number of carbonyl (C=O) groups excluding carboxylic acids is 4. The molecule has 4 amide bonds. The standard InChI is InChI=1S/C38H46ClN7O6S2/c1-23(2)33(37(50)45-38-40-15-16-53-38)44-34(47)25(4)41-22-31(17-26-11-8-7-9-12-26)43-36(49)29-18-28(20-32(21-29)46(5)54(6,51)52)35(48)42-24(3)27-13-10-14-30(39)19-27/h7-16,18-21,23-25,31,33,41H,17,22H2,1-6H3,(H,42,48)(H,43,49)(H,44,47)(H,40,45,50)/t24-,25+,31+,33+/m1/s1. The van der Waals surface area contributed by atoms with Crippen LogP contribution in [0.15, 0.2) is 84.4 Å². The predicted molar refractivity (Wildman–Crippen MR) is 213 cm³/mol. The summed E-state index contributed by atoms with van der Waals surface area (Å²) >= 11 is 7.42. The van der Waals surface area contributed by atoms with Crippen molar-refractivity contribution in [2.75, 3.05) is 29.5 Å². The first-order chi connectivity index (χ1) is 25.5. The van der Waals surface area contributed by atoms with Crippen LogP contribution in [0.25, 0.3) is 0 Å². The smallest absolute Gasteiger partial charge is 0.251 e. The van der Waals surface area contributed by atoms with Gasteiger partial charge >= 0.3 is 0 Å². The molecule has 288 valence electrons. The van der Waals surface area contributed by atoms with E-state index in [1.165, 1.54) is 36.6 Å². The van der Waals surface area contributed by atoms with Crippen molar-refractivity contribution in [3.63, 3.8) is 0 Å². The first-order valence-corrected chi connectivity index (χ1v) is 20.4. The van der Waals surface area contributed by atoms with E-state index in [9.17, 15) is 27.6 Å². The van der Waals surface area contributed by atoms with E-state index in [2.05, 4.69) is 31.6 Å². The van der Waals surface area contributed by atoms with Crippen molar-refractivity contribution in [1.29, 1.82) is 0 Å². The van der Waals surface area contributed by atoms with Crippen LogP contribution in [0.1, 0.15) is 65.6 Å². The Morgan fingerprint density at radius 1 is 0.852 bits per heavy atom. The molecule has 0 spiro atoms. The van der Waals surface area contributed by atoms with Crippen LogP contribution in [0.2, 0.25) is 5.02 Å². The summed E-state index contributed by atoms with van der Waals surface area (Å²) in [5, 5.41) is 17.3. The zero-order valence-corrected chi connectivity index (χ0v) is 33.3. The number of sulfonamides is 1. The minimum atomic E-state index is -3.75. The first-order valence-electron chi connectivity index (χ1n) is 17.3. The highest BCUT2D eigenvalue weighted by Gasteiger charge is 2.28. The Morgan fingerprint density at radius 2 is 1.52 bits per heavy atom. The average Bonchev–Trinajstić information content (AvgIpc) is 3.64. The van der Waals surface area contributed by atoms with Crippen molar-refractivity contribution in [2.45, 2.75) is 58.3 Å². The Balaban J connectivity index is 1.54. The molecule has 0 radical (unpaired) electrons. The molecule has 4 rings (SSSR count). The molecule has 4 atom stereocenters. The number of halogens is 1. The molecule has 0 aliphatic heterocycles. The van der Waals surface area contributed by atoms with E-state index in [-0.39, 0.29) is 35.2 Å². The van der Waals surface area contributed by atoms with Gasteiger partial charge in [-0.2, -0.15) is 0 Å². The Bertz CT molecular complexity index is 2030. The van der Waals surface area contributed by atoms with Crippen LogP contribution in [0.5, 0.6) is 0 Å². The number of nitrogens with zero attached hydrogens (tertiary/aromatic N) is 2. The zero-order chi connectivity index (χ0) is 39.6. The summed E-state index contributed by atoms with van der Waals surface area (Å²) in [6, 6.07) is 18.1. The molecule has 4 aromatic rings. The molecule has 0 saturated carbocycles. The van der Waals surface area contributed by atoms with E-state index in [0.29, 0.717) is 16.6 Å². The van der Waals surface area contributed by atoms with Gasteiger partial charge in [-0.3, -0.25) is 23.5 Å². The highest BCUT2D eigenvalue weighted by molar-refractivity contribution is 7.92. The minimum absolute atomic E-state index is 0.0541. The van der Waals surface area contributed by atoms with E-state index in [4.69, 9.17) is 11.6 Å². The monoisotopic (exact) mass is 795 g/mol. The van der Waals surface area contributed by atoms with Crippen LogP contribution in [-0.2, 0) is 26.0 Å². The maximum atomic E-state index is 13.9. The molecule has 13 nitrogen and oxygen atoms in total. The van der Waals surface area contributed by atoms with Crippen molar-refractivity contribution in [1.82, 2.24) is 26.3 Å². The highest BCUT2D eigenvalue weighted by Crippen LogP contribution is 2.23. The number of nitrogens with one attached hydrogen (secondary N) is 5. The first kappa shape index (κ1) is 41.9. The Hall–Kier alpha value is -4.83. The Morgan fingerprint density at radius 3 is 2.11 bits per heavy atom. The van der Waals surface area contributed by atoms with Crippen LogP contribution in [0.4, 0.5) is 10.8 Å². The van der Waals surface area contributed by atoms with Gasteiger partial charge in [-0.05, 0) is 67.6 Å². The van der Waals surface area contributed by atoms with E-state index < -0.39 is 51.9 Å². The Kier molecular flexibility index (Phi) is 14.7. The summed E-state index contributed by atoms with van der Waals surface area (Å²) in [4.78, 5) is 57.8. The van der Waals surface area contributed by atoms with Gasteiger partial charge in [0, 0.05) is 47.4 Å². The number of anilines is 2. The van der Waals surface area contributed by atoms with Gasteiger partial charge in [0.25, 0.3) is 11.8 Å². The molecule has 0 aliphatic carbocycles. The number of thiazole rings is 1. The Labute approximate surface area is 325 Å². The van der Waals surface area contributed by atoms with E-state index in [1.807, 2.05) is 50.2 Å². The SMILES string of the molecule is CC(C)[C@H](NC(=O)[C@H](C)NC[C@H](Cc1ccccc1)NC(=O)c1cc(C(=O)N[C@H](C)c2cccc(Cl)c2)cc(N(C)S(C)(=O)=O)c1)C(=O)Nc1nccs1. The molecule has 0 saturated heterocycles. The molecule has 0 bridgehead atoms. The lowest BCUT2D eigenvalue weighted by Crippen LogP contribution is -2.54. The molecular formula is C38H46ClN7O6S2. The molecule has 1 heterocycles. The van der Waals surface area contributed by atoms with Gasteiger partial charge in [0.2, 0.25) is 21.8 Å². The van der Waals surface area contributed by atoms with Crippen molar-refractivity contribution < 1.29 is 27.6 Å². The fraction of sp³-hybridized carbons (Fsp3) is 0.342. The summed E-state index contributed by atoms with van der Waals surface area (Å²) in [6.07, 6.45) is 2.98. The maximum Gasteiger partial charge on any atom is 0.251 e.